The first-order valence-corrected chi connectivity index (χ1v) is 8.11. The number of nitrogens with zero attached hydrogens (tertiary/aromatic N) is 2. The van der Waals surface area contributed by atoms with Crippen molar-refractivity contribution >= 4 is 16.9 Å². The fourth-order valence-electron chi connectivity index (χ4n) is 3.28. The molecule has 1 unspecified atom stereocenters. The number of carboxylic acids is 1. The van der Waals surface area contributed by atoms with E-state index in [-0.39, 0.29) is 31.8 Å². The van der Waals surface area contributed by atoms with Gasteiger partial charge >= 0.3 is 12.1 Å². The molecule has 1 aromatic heterocycles. The third kappa shape index (κ3) is 3.68. The molecule has 1 aromatic carbocycles. The van der Waals surface area contributed by atoms with Gasteiger partial charge in [-0.15, -0.1) is 0 Å². The number of rotatable bonds is 5. The number of ether oxygens (including phenoxy) is 1. The number of hydrogen-bond donors (Lipinski definition) is 1. The number of hydrogen-bond acceptors (Lipinski definition) is 3. The van der Waals surface area contributed by atoms with E-state index in [1.165, 1.54) is 17.0 Å². The SMILES string of the molecule is O=C(O)c1ccc2c(c1)cc(CN1CCOCC1C(F)(F)F)n2CCF. The Labute approximate surface area is 146 Å². The Bertz CT molecular complexity index is 803. The van der Waals surface area contributed by atoms with Crippen molar-refractivity contribution in [3.8, 4) is 0 Å². The molecule has 0 saturated carbocycles. The van der Waals surface area contributed by atoms with Crippen molar-refractivity contribution < 1.29 is 32.2 Å². The second-order valence-electron chi connectivity index (χ2n) is 6.16. The number of carboxylic acid groups (broad SMARTS) is 1. The van der Waals surface area contributed by atoms with Crippen LogP contribution in [0.3, 0.4) is 0 Å². The first kappa shape index (κ1) is 18.7. The standard InChI is InChI=1S/C17H18F4N2O3/c18-3-4-23-13(8-12-7-11(16(24)25)1-2-14(12)23)9-22-5-6-26-10-15(22)17(19,20)21/h1-2,7-8,15H,3-6,9-10H2,(H,24,25). The van der Waals surface area contributed by atoms with Crippen LogP contribution in [0.15, 0.2) is 24.3 Å². The molecule has 2 heterocycles. The number of aryl methyl sites for hydroxylation is 1. The molecule has 0 spiro atoms. The number of morpholine rings is 1. The zero-order valence-corrected chi connectivity index (χ0v) is 13.8. The van der Waals surface area contributed by atoms with Gasteiger partial charge in [0.15, 0.2) is 0 Å². The van der Waals surface area contributed by atoms with E-state index in [2.05, 4.69) is 0 Å². The quantitative estimate of drug-likeness (QED) is 0.818. The van der Waals surface area contributed by atoms with Crippen LogP contribution in [0.4, 0.5) is 17.6 Å². The number of alkyl halides is 4. The Hall–Kier alpha value is -2.13. The Morgan fingerprint density at radius 1 is 1.31 bits per heavy atom. The minimum atomic E-state index is -4.42. The third-order valence-electron chi connectivity index (χ3n) is 4.52. The maximum atomic E-state index is 13.2. The first-order chi connectivity index (χ1) is 12.3. The predicted octanol–water partition coefficient (Wildman–Crippen LogP) is 3.07. The zero-order valence-electron chi connectivity index (χ0n) is 13.8. The van der Waals surface area contributed by atoms with Crippen molar-refractivity contribution in [2.75, 3.05) is 26.4 Å². The number of halogens is 4. The second kappa shape index (κ2) is 7.24. The highest BCUT2D eigenvalue weighted by Crippen LogP contribution is 2.30. The summed E-state index contributed by atoms with van der Waals surface area (Å²) >= 11 is 0. The number of carbonyl (C=O) groups is 1. The maximum absolute atomic E-state index is 13.2. The molecule has 5 nitrogen and oxygen atoms in total. The average Bonchev–Trinajstić information content (AvgIpc) is 2.91. The lowest BCUT2D eigenvalue weighted by molar-refractivity contribution is -0.213. The van der Waals surface area contributed by atoms with Crippen molar-refractivity contribution in [1.29, 1.82) is 0 Å². The van der Waals surface area contributed by atoms with Crippen molar-refractivity contribution in [2.24, 2.45) is 0 Å². The van der Waals surface area contributed by atoms with Crippen LogP contribution in [0.25, 0.3) is 10.9 Å². The van der Waals surface area contributed by atoms with Gasteiger partial charge in [-0.1, -0.05) is 0 Å². The summed E-state index contributed by atoms with van der Waals surface area (Å²) in [5.41, 5.74) is 1.18. The predicted molar refractivity (Wildman–Crippen MR) is 85.9 cm³/mol. The van der Waals surface area contributed by atoms with Gasteiger partial charge in [-0.3, -0.25) is 4.90 Å². The van der Waals surface area contributed by atoms with E-state index in [4.69, 9.17) is 9.84 Å². The van der Waals surface area contributed by atoms with Gasteiger partial charge in [0.05, 0.1) is 25.3 Å². The fourth-order valence-corrected chi connectivity index (χ4v) is 3.28. The summed E-state index contributed by atoms with van der Waals surface area (Å²) in [7, 11) is 0. The van der Waals surface area contributed by atoms with Crippen LogP contribution < -0.4 is 0 Å². The van der Waals surface area contributed by atoms with E-state index in [0.29, 0.717) is 16.6 Å². The molecule has 1 N–H and O–H groups in total. The highest BCUT2D eigenvalue weighted by atomic mass is 19.4. The Balaban J connectivity index is 1.97. The zero-order chi connectivity index (χ0) is 18.9. The number of aromatic carboxylic acids is 1. The van der Waals surface area contributed by atoms with E-state index in [1.54, 1.807) is 16.7 Å². The van der Waals surface area contributed by atoms with Gasteiger partial charge in [-0.25, -0.2) is 9.18 Å². The fraction of sp³-hybridized carbons (Fsp3) is 0.471. The van der Waals surface area contributed by atoms with Crippen LogP contribution in [0.1, 0.15) is 16.1 Å². The van der Waals surface area contributed by atoms with E-state index < -0.39 is 31.5 Å². The van der Waals surface area contributed by atoms with Crippen LogP contribution >= 0.6 is 0 Å². The van der Waals surface area contributed by atoms with Gasteiger partial charge in [-0.2, -0.15) is 13.2 Å². The van der Waals surface area contributed by atoms with Crippen molar-refractivity contribution in [2.45, 2.75) is 25.3 Å². The summed E-state index contributed by atoms with van der Waals surface area (Å²) in [6.07, 6.45) is -4.42. The molecule has 2 aromatic rings. The van der Waals surface area contributed by atoms with Crippen molar-refractivity contribution in [3.63, 3.8) is 0 Å². The smallest absolute Gasteiger partial charge is 0.406 e. The highest BCUT2D eigenvalue weighted by Gasteiger charge is 2.45. The summed E-state index contributed by atoms with van der Waals surface area (Å²) in [5, 5.41) is 9.66. The first-order valence-electron chi connectivity index (χ1n) is 8.11. The minimum absolute atomic E-state index is 0.00766. The molecule has 142 valence electrons. The third-order valence-corrected chi connectivity index (χ3v) is 4.52. The molecule has 0 radical (unpaired) electrons. The molecule has 1 fully saturated rings. The van der Waals surface area contributed by atoms with Gasteiger partial charge in [0.25, 0.3) is 0 Å². The van der Waals surface area contributed by atoms with Crippen LogP contribution in [0, 0.1) is 0 Å². The lowest BCUT2D eigenvalue weighted by Crippen LogP contribution is -2.53. The van der Waals surface area contributed by atoms with Crippen LogP contribution in [0.5, 0.6) is 0 Å². The molecular formula is C17H18F4N2O3. The van der Waals surface area contributed by atoms with Crippen molar-refractivity contribution in [1.82, 2.24) is 9.47 Å². The summed E-state index contributed by atoms with van der Waals surface area (Å²) in [4.78, 5) is 12.4. The molecule has 9 heteroatoms. The van der Waals surface area contributed by atoms with Gasteiger partial charge in [0, 0.05) is 29.7 Å². The summed E-state index contributed by atoms with van der Waals surface area (Å²) in [6, 6.07) is 4.30. The number of benzene rings is 1. The lowest BCUT2D eigenvalue weighted by Gasteiger charge is -2.36. The van der Waals surface area contributed by atoms with Gasteiger partial charge in [0.1, 0.15) is 12.7 Å². The topological polar surface area (TPSA) is 54.7 Å². The summed E-state index contributed by atoms with van der Waals surface area (Å²) in [6.45, 7) is -0.836. The summed E-state index contributed by atoms with van der Waals surface area (Å²) in [5.74, 6) is -1.10. The summed E-state index contributed by atoms with van der Waals surface area (Å²) < 4.78 is 59.3. The Kier molecular flexibility index (Phi) is 5.19. The minimum Gasteiger partial charge on any atom is -0.478 e. The molecule has 0 amide bonds. The average molecular weight is 374 g/mol. The molecule has 0 bridgehead atoms. The molecule has 1 saturated heterocycles. The van der Waals surface area contributed by atoms with E-state index >= 15 is 0 Å². The number of fused-ring (bicyclic) bond motifs is 1. The monoisotopic (exact) mass is 374 g/mol. The van der Waals surface area contributed by atoms with Gasteiger partial charge in [-0.05, 0) is 24.3 Å². The molecule has 1 aliphatic rings. The highest BCUT2D eigenvalue weighted by molar-refractivity contribution is 5.94. The maximum Gasteiger partial charge on any atom is 0.406 e. The van der Waals surface area contributed by atoms with Crippen molar-refractivity contribution in [3.05, 3.63) is 35.5 Å². The Morgan fingerprint density at radius 2 is 2.08 bits per heavy atom. The second-order valence-corrected chi connectivity index (χ2v) is 6.16. The van der Waals surface area contributed by atoms with Crippen LogP contribution in [0.2, 0.25) is 0 Å². The molecule has 0 aliphatic carbocycles. The van der Waals surface area contributed by atoms with Gasteiger partial charge < -0.3 is 14.4 Å². The van der Waals surface area contributed by atoms with E-state index in [9.17, 15) is 22.4 Å². The molecular weight excluding hydrogens is 356 g/mol. The van der Waals surface area contributed by atoms with E-state index in [0.717, 1.165) is 0 Å². The molecule has 1 atom stereocenters. The largest absolute Gasteiger partial charge is 0.478 e. The number of aromatic nitrogens is 1. The molecule has 1 aliphatic heterocycles. The van der Waals surface area contributed by atoms with Crippen LogP contribution in [-0.2, 0) is 17.8 Å². The molecule has 3 rings (SSSR count). The van der Waals surface area contributed by atoms with Gasteiger partial charge in [0.2, 0.25) is 0 Å². The van der Waals surface area contributed by atoms with E-state index in [1.807, 2.05) is 0 Å². The van der Waals surface area contributed by atoms with Crippen LogP contribution in [-0.4, -0.2) is 59.2 Å². The molecule has 26 heavy (non-hydrogen) atoms. The lowest BCUT2D eigenvalue weighted by atomic mass is 10.1. The Morgan fingerprint density at radius 3 is 2.73 bits per heavy atom. The normalized spacial score (nSPS) is 19.2.